The van der Waals surface area contributed by atoms with Gasteiger partial charge in [-0.05, 0) is 56.0 Å². The SMILES string of the molecule is Cc1cc(C)c(S(=O)(=O)N(CCc2ccccc2)CC(=O)Nc2cc(Cl)c(Cl)cc2Cl)c(C)c1. The van der Waals surface area contributed by atoms with Crippen LogP contribution < -0.4 is 5.32 Å². The van der Waals surface area contributed by atoms with Crippen molar-refractivity contribution < 1.29 is 13.2 Å². The summed E-state index contributed by atoms with van der Waals surface area (Å²) < 4.78 is 28.7. The Morgan fingerprint density at radius 1 is 0.882 bits per heavy atom. The van der Waals surface area contributed by atoms with Crippen LogP contribution in [0.2, 0.25) is 15.1 Å². The van der Waals surface area contributed by atoms with Gasteiger partial charge in [0.05, 0.1) is 32.2 Å². The highest BCUT2D eigenvalue weighted by atomic mass is 35.5. The van der Waals surface area contributed by atoms with Crippen molar-refractivity contribution in [2.24, 2.45) is 0 Å². The summed E-state index contributed by atoms with van der Waals surface area (Å²) >= 11 is 18.2. The Hall–Kier alpha value is -2.09. The van der Waals surface area contributed by atoms with Crippen molar-refractivity contribution in [2.45, 2.75) is 32.1 Å². The van der Waals surface area contributed by atoms with Crippen molar-refractivity contribution in [1.82, 2.24) is 4.31 Å². The van der Waals surface area contributed by atoms with Gasteiger partial charge in [0.2, 0.25) is 15.9 Å². The summed E-state index contributed by atoms with van der Waals surface area (Å²) in [5.41, 5.74) is 3.46. The molecule has 0 aliphatic carbocycles. The summed E-state index contributed by atoms with van der Waals surface area (Å²) in [7, 11) is -3.97. The lowest BCUT2D eigenvalue weighted by Crippen LogP contribution is -2.40. The topological polar surface area (TPSA) is 66.5 Å². The zero-order valence-electron chi connectivity index (χ0n) is 19.0. The van der Waals surface area contributed by atoms with Gasteiger partial charge in [-0.1, -0.05) is 82.8 Å². The Balaban J connectivity index is 1.92. The monoisotopic (exact) mass is 538 g/mol. The van der Waals surface area contributed by atoms with Gasteiger partial charge in [-0.2, -0.15) is 4.31 Å². The number of rotatable bonds is 8. The van der Waals surface area contributed by atoms with Crippen molar-refractivity contribution in [2.75, 3.05) is 18.4 Å². The third-order valence-corrected chi connectivity index (χ3v) is 8.49. The van der Waals surface area contributed by atoms with Crippen LogP contribution in [0.4, 0.5) is 5.69 Å². The van der Waals surface area contributed by atoms with E-state index in [1.165, 1.54) is 16.4 Å². The number of aryl methyl sites for hydroxylation is 3. The number of carbonyl (C=O) groups excluding carboxylic acids is 1. The molecule has 0 bridgehead atoms. The van der Waals surface area contributed by atoms with E-state index in [0.717, 1.165) is 11.1 Å². The van der Waals surface area contributed by atoms with Gasteiger partial charge in [-0.25, -0.2) is 8.42 Å². The second-order valence-electron chi connectivity index (χ2n) is 8.10. The molecule has 0 radical (unpaired) electrons. The molecule has 0 aliphatic heterocycles. The third-order valence-electron chi connectivity index (χ3n) is 5.30. The highest BCUT2D eigenvalue weighted by molar-refractivity contribution is 7.89. The molecule has 0 unspecified atom stereocenters. The maximum atomic E-state index is 13.7. The number of hydrogen-bond acceptors (Lipinski definition) is 3. The number of anilines is 1. The van der Waals surface area contributed by atoms with Crippen LogP contribution >= 0.6 is 34.8 Å². The number of sulfonamides is 1. The van der Waals surface area contributed by atoms with Crippen LogP contribution in [0.1, 0.15) is 22.3 Å². The van der Waals surface area contributed by atoms with Crippen molar-refractivity contribution in [3.63, 3.8) is 0 Å². The molecule has 3 aromatic rings. The molecule has 5 nitrogen and oxygen atoms in total. The van der Waals surface area contributed by atoms with E-state index in [-0.39, 0.29) is 32.2 Å². The van der Waals surface area contributed by atoms with Crippen LogP contribution in [-0.2, 0) is 21.2 Å². The second-order valence-corrected chi connectivity index (χ2v) is 11.2. The van der Waals surface area contributed by atoms with Gasteiger partial charge in [0.1, 0.15) is 0 Å². The predicted molar refractivity (Wildman–Crippen MR) is 140 cm³/mol. The third kappa shape index (κ3) is 6.32. The number of benzene rings is 3. The molecule has 0 atom stereocenters. The Kier molecular flexibility index (Phi) is 8.66. The standard InChI is InChI=1S/C25H25Cl3N2O3S/c1-16-11-17(2)25(18(3)12-16)34(32,33)30(10-9-19-7-5-4-6-8-19)15-24(31)29-23-14-21(27)20(26)13-22(23)28/h4-8,11-14H,9-10,15H2,1-3H3,(H,29,31). The molecule has 0 fully saturated rings. The average molecular weight is 540 g/mol. The van der Waals surface area contributed by atoms with E-state index in [4.69, 9.17) is 34.8 Å². The van der Waals surface area contributed by atoms with E-state index in [2.05, 4.69) is 5.32 Å². The maximum absolute atomic E-state index is 13.7. The highest BCUT2D eigenvalue weighted by Gasteiger charge is 2.29. The Labute approximate surface area is 215 Å². The molecule has 9 heteroatoms. The summed E-state index contributed by atoms with van der Waals surface area (Å²) in [5, 5.41) is 3.32. The quantitative estimate of drug-likeness (QED) is 0.335. The molecule has 3 rings (SSSR count). The molecule has 180 valence electrons. The average Bonchev–Trinajstić information content (AvgIpc) is 2.74. The Bertz CT molecular complexity index is 1290. The van der Waals surface area contributed by atoms with E-state index >= 15 is 0 Å². The first-order valence-corrected chi connectivity index (χ1v) is 13.1. The smallest absolute Gasteiger partial charge is 0.244 e. The first-order chi connectivity index (χ1) is 16.0. The number of nitrogens with one attached hydrogen (secondary N) is 1. The normalized spacial score (nSPS) is 11.6. The van der Waals surface area contributed by atoms with E-state index < -0.39 is 22.5 Å². The van der Waals surface area contributed by atoms with E-state index in [1.807, 2.05) is 49.4 Å². The molecule has 0 aliphatic rings. The first kappa shape index (κ1) is 26.5. The molecule has 1 amide bonds. The number of amides is 1. The van der Waals surface area contributed by atoms with Crippen LogP contribution in [0.25, 0.3) is 0 Å². The van der Waals surface area contributed by atoms with Gasteiger partial charge in [0, 0.05) is 6.54 Å². The first-order valence-electron chi connectivity index (χ1n) is 10.6. The van der Waals surface area contributed by atoms with E-state index in [0.29, 0.717) is 17.5 Å². The minimum Gasteiger partial charge on any atom is -0.324 e. The van der Waals surface area contributed by atoms with Gasteiger partial charge in [-0.3, -0.25) is 4.79 Å². The fourth-order valence-corrected chi connectivity index (χ4v) is 6.26. The minimum atomic E-state index is -3.97. The van der Waals surface area contributed by atoms with Gasteiger partial charge in [0.15, 0.2) is 0 Å². The zero-order valence-corrected chi connectivity index (χ0v) is 22.1. The van der Waals surface area contributed by atoms with Crippen LogP contribution in [0.15, 0.2) is 59.5 Å². The van der Waals surface area contributed by atoms with Gasteiger partial charge >= 0.3 is 0 Å². The molecule has 0 heterocycles. The van der Waals surface area contributed by atoms with E-state index in [9.17, 15) is 13.2 Å². The largest absolute Gasteiger partial charge is 0.324 e. The van der Waals surface area contributed by atoms with Crippen molar-refractivity contribution >= 4 is 56.4 Å². The predicted octanol–water partition coefficient (Wildman–Crippen LogP) is 6.44. The van der Waals surface area contributed by atoms with Gasteiger partial charge in [-0.15, -0.1) is 0 Å². The van der Waals surface area contributed by atoms with Crippen molar-refractivity contribution in [3.8, 4) is 0 Å². The summed E-state index contributed by atoms with van der Waals surface area (Å²) in [6.45, 7) is 5.17. The van der Waals surface area contributed by atoms with Crippen LogP contribution in [-0.4, -0.2) is 31.7 Å². The van der Waals surface area contributed by atoms with Gasteiger partial charge in [0.25, 0.3) is 0 Å². The molecule has 0 aromatic heterocycles. The Morgan fingerprint density at radius 2 is 1.47 bits per heavy atom. The Morgan fingerprint density at radius 3 is 2.09 bits per heavy atom. The van der Waals surface area contributed by atoms with Gasteiger partial charge < -0.3 is 5.32 Å². The maximum Gasteiger partial charge on any atom is 0.244 e. The lowest BCUT2D eigenvalue weighted by molar-refractivity contribution is -0.116. The summed E-state index contributed by atoms with van der Waals surface area (Å²) in [6, 6.07) is 16.0. The summed E-state index contributed by atoms with van der Waals surface area (Å²) in [6.07, 6.45) is 0.449. The molecule has 3 aromatic carbocycles. The van der Waals surface area contributed by atoms with E-state index in [1.54, 1.807) is 13.8 Å². The lowest BCUT2D eigenvalue weighted by atomic mass is 10.1. The number of hydrogen-bond donors (Lipinski definition) is 1. The van der Waals surface area contributed by atoms with Crippen molar-refractivity contribution in [1.29, 1.82) is 0 Å². The molecular formula is C25H25Cl3N2O3S. The van der Waals surface area contributed by atoms with Crippen LogP contribution in [0.3, 0.4) is 0 Å². The molecule has 34 heavy (non-hydrogen) atoms. The highest BCUT2D eigenvalue weighted by Crippen LogP contribution is 2.32. The molecule has 0 saturated heterocycles. The zero-order chi connectivity index (χ0) is 25.0. The molecular weight excluding hydrogens is 515 g/mol. The minimum absolute atomic E-state index is 0.127. The molecule has 1 N–H and O–H groups in total. The summed E-state index contributed by atoms with van der Waals surface area (Å²) in [4.78, 5) is 13.1. The van der Waals surface area contributed by atoms with Crippen LogP contribution in [0, 0.1) is 20.8 Å². The fourth-order valence-electron chi connectivity index (χ4n) is 3.85. The number of carbonyl (C=O) groups is 1. The van der Waals surface area contributed by atoms with Crippen molar-refractivity contribution in [3.05, 3.63) is 91.9 Å². The molecule has 0 spiro atoms. The van der Waals surface area contributed by atoms with Crippen LogP contribution in [0.5, 0.6) is 0 Å². The summed E-state index contributed by atoms with van der Waals surface area (Å²) in [5.74, 6) is -0.542. The number of nitrogens with zero attached hydrogens (tertiary/aromatic N) is 1. The number of halogens is 3. The fraction of sp³-hybridized carbons (Fsp3) is 0.240. The second kappa shape index (κ2) is 11.1. The lowest BCUT2D eigenvalue weighted by Gasteiger charge is -2.24. The molecule has 0 saturated carbocycles.